The zero-order chi connectivity index (χ0) is 28.3. The summed E-state index contributed by atoms with van der Waals surface area (Å²) in [6.45, 7) is 0. The summed E-state index contributed by atoms with van der Waals surface area (Å²) in [5.74, 6) is 0. The van der Waals surface area contributed by atoms with Crippen molar-refractivity contribution in [2.75, 3.05) is 4.90 Å². The van der Waals surface area contributed by atoms with Crippen molar-refractivity contribution in [3.8, 4) is 11.1 Å². The van der Waals surface area contributed by atoms with E-state index in [1.165, 1.54) is 42.1 Å². The Bertz CT molecular complexity index is 2450. The third-order valence-electron chi connectivity index (χ3n) is 8.44. The average Bonchev–Trinajstić information content (AvgIpc) is 3.63. The Morgan fingerprint density at radius 3 is 2.02 bits per heavy atom. The minimum Gasteiger partial charge on any atom is -0.456 e. The summed E-state index contributed by atoms with van der Waals surface area (Å²) >= 11 is 1.88. The smallest absolute Gasteiger partial charge is 0.137 e. The summed E-state index contributed by atoms with van der Waals surface area (Å²) in [6, 6.07) is 54.1. The fourth-order valence-electron chi connectivity index (χ4n) is 6.53. The molecule has 2 aromatic heterocycles. The van der Waals surface area contributed by atoms with E-state index in [1.54, 1.807) is 0 Å². The number of furan rings is 1. The second kappa shape index (κ2) is 9.59. The van der Waals surface area contributed by atoms with Gasteiger partial charge in [-0.3, -0.25) is 0 Å². The summed E-state index contributed by atoms with van der Waals surface area (Å²) in [7, 11) is 0. The van der Waals surface area contributed by atoms with Crippen LogP contribution in [0.3, 0.4) is 0 Å². The number of hydrogen-bond acceptors (Lipinski definition) is 3. The number of nitrogens with zero attached hydrogens (tertiary/aromatic N) is 1. The maximum absolute atomic E-state index is 6.27. The molecule has 0 radical (unpaired) electrons. The molecule has 0 aliphatic heterocycles. The Morgan fingerprint density at radius 1 is 0.488 bits per heavy atom. The molecule has 0 bridgehead atoms. The van der Waals surface area contributed by atoms with E-state index in [1.807, 2.05) is 23.5 Å². The van der Waals surface area contributed by atoms with Crippen LogP contribution in [-0.4, -0.2) is 0 Å². The van der Waals surface area contributed by atoms with E-state index >= 15 is 0 Å². The number of thiophene rings is 1. The van der Waals surface area contributed by atoms with Gasteiger partial charge < -0.3 is 9.32 Å². The van der Waals surface area contributed by atoms with Crippen molar-refractivity contribution in [2.24, 2.45) is 0 Å². The van der Waals surface area contributed by atoms with Crippen LogP contribution in [0.15, 0.2) is 156 Å². The molecular formula is C40H25NOS. The highest BCUT2D eigenvalue weighted by Gasteiger charge is 2.20. The summed E-state index contributed by atoms with van der Waals surface area (Å²) in [5, 5.41) is 7.43. The zero-order valence-corrected chi connectivity index (χ0v) is 24.0. The lowest BCUT2D eigenvalue weighted by Gasteiger charge is -2.26. The molecule has 0 unspecified atom stereocenters. The van der Waals surface area contributed by atoms with Crippen LogP contribution in [0.2, 0.25) is 0 Å². The highest BCUT2D eigenvalue weighted by atomic mass is 32.1. The molecule has 0 saturated carbocycles. The van der Waals surface area contributed by atoms with Gasteiger partial charge in [-0.1, -0.05) is 97.1 Å². The average molecular weight is 568 g/mol. The third kappa shape index (κ3) is 3.79. The molecule has 3 heteroatoms. The summed E-state index contributed by atoms with van der Waals surface area (Å²) < 4.78 is 8.93. The van der Waals surface area contributed by atoms with E-state index in [4.69, 9.17) is 4.42 Å². The fourth-order valence-corrected chi connectivity index (χ4v) is 7.80. The lowest BCUT2D eigenvalue weighted by molar-refractivity contribution is 0.669. The first-order chi connectivity index (χ1) is 21.3. The summed E-state index contributed by atoms with van der Waals surface area (Å²) in [6.07, 6.45) is 0. The number of fused-ring (bicyclic) bond motifs is 7. The van der Waals surface area contributed by atoms with Gasteiger partial charge in [-0.25, -0.2) is 0 Å². The first-order valence-corrected chi connectivity index (χ1v) is 15.3. The number of hydrogen-bond donors (Lipinski definition) is 0. The fraction of sp³-hybridized carbons (Fsp3) is 0. The van der Waals surface area contributed by atoms with Crippen LogP contribution in [-0.2, 0) is 0 Å². The first-order valence-electron chi connectivity index (χ1n) is 14.5. The van der Waals surface area contributed by atoms with Crippen LogP contribution in [0.1, 0.15) is 0 Å². The Kier molecular flexibility index (Phi) is 5.40. The Morgan fingerprint density at radius 2 is 1.16 bits per heavy atom. The molecule has 0 amide bonds. The van der Waals surface area contributed by atoms with Crippen molar-refractivity contribution in [3.63, 3.8) is 0 Å². The highest BCUT2D eigenvalue weighted by molar-refractivity contribution is 7.26. The number of anilines is 3. The lowest BCUT2D eigenvalue weighted by Crippen LogP contribution is -2.10. The van der Waals surface area contributed by atoms with Crippen molar-refractivity contribution in [1.29, 1.82) is 0 Å². The van der Waals surface area contributed by atoms with Crippen molar-refractivity contribution in [3.05, 3.63) is 152 Å². The molecule has 0 aliphatic carbocycles. The molecule has 9 rings (SSSR count). The maximum atomic E-state index is 6.27. The minimum atomic E-state index is 0.888. The van der Waals surface area contributed by atoms with Gasteiger partial charge in [0.25, 0.3) is 0 Å². The van der Waals surface area contributed by atoms with Crippen molar-refractivity contribution < 1.29 is 4.42 Å². The van der Waals surface area contributed by atoms with Gasteiger partial charge in [0.15, 0.2) is 0 Å². The topological polar surface area (TPSA) is 16.4 Å². The molecule has 2 heterocycles. The van der Waals surface area contributed by atoms with Gasteiger partial charge in [0, 0.05) is 42.5 Å². The Hall–Kier alpha value is -5.38. The van der Waals surface area contributed by atoms with E-state index in [9.17, 15) is 0 Å². The van der Waals surface area contributed by atoms with Crippen LogP contribution in [0, 0.1) is 0 Å². The van der Waals surface area contributed by atoms with Crippen LogP contribution in [0.5, 0.6) is 0 Å². The third-order valence-corrected chi connectivity index (χ3v) is 9.64. The molecule has 2 nitrogen and oxygen atoms in total. The van der Waals surface area contributed by atoms with Crippen LogP contribution >= 0.6 is 11.3 Å². The predicted molar refractivity (Wildman–Crippen MR) is 184 cm³/mol. The molecular weight excluding hydrogens is 543 g/mol. The summed E-state index contributed by atoms with van der Waals surface area (Å²) in [5.41, 5.74) is 7.60. The zero-order valence-electron chi connectivity index (χ0n) is 23.2. The quantitative estimate of drug-likeness (QED) is 0.210. The van der Waals surface area contributed by atoms with Gasteiger partial charge in [0.1, 0.15) is 11.2 Å². The van der Waals surface area contributed by atoms with Crippen LogP contribution in [0.25, 0.3) is 64.0 Å². The standard InChI is InChI=1S/C40H25NOS/c1-2-12-28(13-3-1)41(34-17-10-19-36-39(34)32-16-6-8-18-35(32)42-36)29-23-21-26(22-24-29)38-30-14-5-4-11-27(30)25-33-31-15-7-9-20-37(31)43-40(33)38/h1-25H. The monoisotopic (exact) mass is 567 g/mol. The first kappa shape index (κ1) is 24.2. The van der Waals surface area contributed by atoms with Crippen molar-refractivity contribution in [2.45, 2.75) is 0 Å². The van der Waals surface area contributed by atoms with E-state index in [0.717, 1.165) is 39.0 Å². The second-order valence-electron chi connectivity index (χ2n) is 10.9. The molecule has 7 aromatic carbocycles. The van der Waals surface area contributed by atoms with Gasteiger partial charge in [-0.2, -0.15) is 0 Å². The molecule has 9 aromatic rings. The second-order valence-corrected chi connectivity index (χ2v) is 12.0. The van der Waals surface area contributed by atoms with Gasteiger partial charge in [0.05, 0.1) is 11.1 Å². The van der Waals surface area contributed by atoms with Gasteiger partial charge in [-0.05, 0) is 70.9 Å². The predicted octanol–water partition coefficient (Wildman–Crippen LogP) is 12.2. The molecule has 0 saturated heterocycles. The SMILES string of the molecule is c1ccc(N(c2ccc(-c3c4ccccc4cc4c3sc3ccccc34)cc2)c2cccc3oc4ccccc4c23)cc1. The summed E-state index contributed by atoms with van der Waals surface area (Å²) in [4.78, 5) is 2.34. The molecule has 0 atom stereocenters. The minimum absolute atomic E-state index is 0.888. The van der Waals surface area contributed by atoms with Crippen LogP contribution < -0.4 is 4.90 Å². The van der Waals surface area contributed by atoms with E-state index < -0.39 is 0 Å². The number of rotatable bonds is 4. The van der Waals surface area contributed by atoms with Gasteiger partial charge in [-0.15, -0.1) is 11.3 Å². The van der Waals surface area contributed by atoms with E-state index in [2.05, 4.69) is 144 Å². The lowest BCUT2D eigenvalue weighted by atomic mass is 9.95. The van der Waals surface area contributed by atoms with Gasteiger partial charge in [0.2, 0.25) is 0 Å². The van der Waals surface area contributed by atoms with Gasteiger partial charge >= 0.3 is 0 Å². The number of benzene rings is 7. The van der Waals surface area contributed by atoms with Crippen molar-refractivity contribution >= 4 is 81.3 Å². The normalized spacial score (nSPS) is 11.7. The van der Waals surface area contributed by atoms with Crippen LogP contribution in [0.4, 0.5) is 17.1 Å². The van der Waals surface area contributed by atoms with Crippen molar-refractivity contribution in [1.82, 2.24) is 0 Å². The molecule has 202 valence electrons. The molecule has 0 fully saturated rings. The molecule has 0 spiro atoms. The molecule has 0 N–H and O–H groups in total. The number of para-hydroxylation sites is 2. The largest absolute Gasteiger partial charge is 0.456 e. The molecule has 43 heavy (non-hydrogen) atoms. The Labute approximate surface area is 252 Å². The van der Waals surface area contributed by atoms with E-state index in [-0.39, 0.29) is 0 Å². The Balaban J connectivity index is 1.27. The molecule has 0 aliphatic rings. The highest BCUT2D eigenvalue weighted by Crippen LogP contribution is 2.46. The maximum Gasteiger partial charge on any atom is 0.137 e. The van der Waals surface area contributed by atoms with E-state index in [0.29, 0.717) is 0 Å².